The third kappa shape index (κ3) is 4.70. The number of nitrogens with zero attached hydrogens (tertiary/aromatic N) is 4. The summed E-state index contributed by atoms with van der Waals surface area (Å²) in [6, 6.07) is 5.91. The minimum Gasteiger partial charge on any atom is -0.362 e. The molecule has 1 saturated heterocycles. The summed E-state index contributed by atoms with van der Waals surface area (Å²) in [5.41, 5.74) is 2.83. The van der Waals surface area contributed by atoms with Crippen LogP contribution in [0.4, 0.5) is 5.82 Å². The van der Waals surface area contributed by atoms with E-state index in [0.717, 1.165) is 41.0 Å². The number of rotatable bonds is 6. The smallest absolute Gasteiger partial charge is 0.268 e. The van der Waals surface area contributed by atoms with Crippen LogP contribution in [0.25, 0.3) is 0 Å². The van der Waals surface area contributed by atoms with Crippen molar-refractivity contribution in [1.82, 2.24) is 19.2 Å². The van der Waals surface area contributed by atoms with Crippen LogP contribution >= 0.6 is 11.9 Å². The van der Waals surface area contributed by atoms with E-state index in [1.165, 1.54) is 12.8 Å². The van der Waals surface area contributed by atoms with Crippen molar-refractivity contribution in [2.75, 3.05) is 32.1 Å². The summed E-state index contributed by atoms with van der Waals surface area (Å²) in [6.45, 7) is 7.07. The van der Waals surface area contributed by atoms with Crippen LogP contribution in [0.1, 0.15) is 41.5 Å². The van der Waals surface area contributed by atoms with Crippen molar-refractivity contribution in [2.24, 2.45) is 13.0 Å². The van der Waals surface area contributed by atoms with Gasteiger partial charge in [-0.05, 0) is 49.8 Å². The molecule has 3 rings (SSSR count). The van der Waals surface area contributed by atoms with Gasteiger partial charge in [0.25, 0.3) is 5.91 Å². The molecular weight excluding hydrogens is 370 g/mol. The molecule has 28 heavy (non-hydrogen) atoms. The Morgan fingerprint density at radius 2 is 2.07 bits per heavy atom. The Kier molecular flexibility index (Phi) is 6.67. The van der Waals surface area contributed by atoms with E-state index in [-0.39, 0.29) is 5.91 Å². The van der Waals surface area contributed by atoms with E-state index >= 15 is 0 Å². The molecule has 2 aromatic heterocycles. The summed E-state index contributed by atoms with van der Waals surface area (Å²) in [4.78, 5) is 20.4. The fourth-order valence-corrected chi connectivity index (χ4v) is 4.54. The third-order valence-corrected chi connectivity index (χ3v) is 6.66. The van der Waals surface area contributed by atoms with Crippen molar-refractivity contribution in [1.29, 1.82) is 0 Å². The van der Waals surface area contributed by atoms with Crippen molar-refractivity contribution in [2.45, 2.75) is 38.1 Å². The second kappa shape index (κ2) is 9.01. The van der Waals surface area contributed by atoms with Gasteiger partial charge in [-0.2, -0.15) is 0 Å². The molecule has 0 unspecified atom stereocenters. The van der Waals surface area contributed by atoms with Gasteiger partial charge in [0.1, 0.15) is 11.5 Å². The van der Waals surface area contributed by atoms with Crippen molar-refractivity contribution >= 4 is 23.7 Å². The molecule has 0 bridgehead atoms. The lowest BCUT2D eigenvalue weighted by Crippen LogP contribution is -2.27. The first kappa shape index (κ1) is 20.7. The normalized spacial score (nSPS) is 15.6. The molecule has 152 valence electrons. The Balaban J connectivity index is 1.67. The number of pyridine rings is 1. The van der Waals surface area contributed by atoms with Gasteiger partial charge in [-0.15, -0.1) is 0 Å². The van der Waals surface area contributed by atoms with E-state index in [2.05, 4.69) is 28.5 Å². The van der Waals surface area contributed by atoms with Gasteiger partial charge in [0, 0.05) is 63.1 Å². The third-order valence-electron chi connectivity index (χ3n) is 5.42. The van der Waals surface area contributed by atoms with E-state index in [4.69, 9.17) is 0 Å². The zero-order chi connectivity index (χ0) is 20.3. The molecule has 0 atom stereocenters. The lowest BCUT2D eigenvalue weighted by atomic mass is 10.0. The molecule has 1 fully saturated rings. The molecule has 6 nitrogen and oxygen atoms in total. The summed E-state index contributed by atoms with van der Waals surface area (Å²) in [5.74, 6) is 1.63. The fourth-order valence-electron chi connectivity index (χ4n) is 3.43. The maximum absolute atomic E-state index is 12.8. The number of nitrogens with one attached hydrogen (secondary N) is 1. The van der Waals surface area contributed by atoms with Crippen LogP contribution in [-0.4, -0.2) is 46.9 Å². The van der Waals surface area contributed by atoms with Crippen LogP contribution in [0.2, 0.25) is 0 Å². The lowest BCUT2D eigenvalue weighted by Gasteiger charge is -2.28. The Morgan fingerprint density at radius 3 is 2.75 bits per heavy atom. The van der Waals surface area contributed by atoms with E-state index in [9.17, 15) is 4.79 Å². The Hall–Kier alpha value is -1.99. The molecule has 0 radical (unpaired) electrons. The van der Waals surface area contributed by atoms with Gasteiger partial charge in [-0.1, -0.05) is 13.0 Å². The first-order valence-electron chi connectivity index (χ1n) is 9.85. The zero-order valence-corrected chi connectivity index (χ0v) is 18.3. The first-order chi connectivity index (χ1) is 13.4. The van der Waals surface area contributed by atoms with Gasteiger partial charge in [-0.3, -0.25) is 4.79 Å². The number of carbonyl (C=O) groups is 1. The maximum Gasteiger partial charge on any atom is 0.268 e. The van der Waals surface area contributed by atoms with Gasteiger partial charge in [0.2, 0.25) is 0 Å². The highest BCUT2D eigenvalue weighted by atomic mass is 32.2. The quantitative estimate of drug-likeness (QED) is 0.751. The molecule has 7 heteroatoms. The highest BCUT2D eigenvalue weighted by molar-refractivity contribution is 7.97. The van der Waals surface area contributed by atoms with Gasteiger partial charge >= 0.3 is 0 Å². The number of aromatic nitrogens is 2. The molecule has 3 heterocycles. The molecule has 0 saturated carbocycles. The number of amides is 1. The molecule has 2 aromatic rings. The number of piperidine rings is 1. The molecule has 0 spiro atoms. The summed E-state index contributed by atoms with van der Waals surface area (Å²) in [7, 11) is 5.88. The predicted octanol–water partition coefficient (Wildman–Crippen LogP) is 3.46. The largest absolute Gasteiger partial charge is 0.362 e. The van der Waals surface area contributed by atoms with Crippen LogP contribution in [-0.2, 0) is 13.6 Å². The number of hydrogen-bond acceptors (Lipinski definition) is 5. The molecule has 1 amide bonds. The lowest BCUT2D eigenvalue weighted by molar-refractivity contribution is 0.0942. The first-order valence-corrected chi connectivity index (χ1v) is 10.6. The second-order valence-corrected chi connectivity index (χ2v) is 8.94. The molecular formula is C21H31N5OS. The van der Waals surface area contributed by atoms with E-state index in [1.54, 1.807) is 18.1 Å². The highest BCUT2D eigenvalue weighted by Crippen LogP contribution is 2.32. The monoisotopic (exact) mass is 401 g/mol. The van der Waals surface area contributed by atoms with Crippen molar-refractivity contribution in [3.63, 3.8) is 0 Å². The Bertz CT molecular complexity index is 824. The Labute approximate surface area is 172 Å². The van der Waals surface area contributed by atoms with Crippen LogP contribution in [0.15, 0.2) is 29.3 Å². The predicted molar refractivity (Wildman–Crippen MR) is 116 cm³/mol. The summed E-state index contributed by atoms with van der Waals surface area (Å²) in [6.07, 6.45) is 4.25. The highest BCUT2D eigenvalue weighted by Gasteiger charge is 2.21. The number of hydrogen-bond donors (Lipinski definition) is 1. The number of anilines is 1. The van der Waals surface area contributed by atoms with Crippen molar-refractivity contribution in [3.05, 3.63) is 41.3 Å². The minimum atomic E-state index is -0.0572. The van der Waals surface area contributed by atoms with Crippen LogP contribution < -0.4 is 10.2 Å². The minimum absolute atomic E-state index is 0.0572. The topological polar surface area (TPSA) is 53.4 Å². The van der Waals surface area contributed by atoms with Gasteiger partial charge in [0.15, 0.2) is 0 Å². The van der Waals surface area contributed by atoms with Crippen LogP contribution in [0, 0.1) is 12.8 Å². The second-order valence-electron chi connectivity index (χ2n) is 7.80. The van der Waals surface area contributed by atoms with E-state index < -0.39 is 0 Å². The standard InChI is InChI=1S/C21H31N5OS/c1-15-8-11-26(12-9-15)28-19-13-18(25(5)16(19)2)21(27)23-14-17-7-6-10-22-20(17)24(3)4/h6-7,10,13,15H,8-9,11-12,14H2,1-5H3,(H,23,27). The summed E-state index contributed by atoms with van der Waals surface area (Å²) in [5, 5.41) is 3.05. The average molecular weight is 402 g/mol. The fraction of sp³-hybridized carbons (Fsp3) is 0.524. The van der Waals surface area contributed by atoms with Crippen LogP contribution in [0.5, 0.6) is 0 Å². The molecule has 1 N–H and O–H groups in total. The zero-order valence-electron chi connectivity index (χ0n) is 17.5. The van der Waals surface area contributed by atoms with Gasteiger partial charge < -0.3 is 14.8 Å². The summed E-state index contributed by atoms with van der Waals surface area (Å²) < 4.78 is 4.41. The van der Waals surface area contributed by atoms with Gasteiger partial charge in [0.05, 0.1) is 0 Å². The van der Waals surface area contributed by atoms with E-state index in [0.29, 0.717) is 12.2 Å². The molecule has 0 aromatic carbocycles. The maximum atomic E-state index is 12.8. The van der Waals surface area contributed by atoms with Crippen molar-refractivity contribution in [3.8, 4) is 0 Å². The van der Waals surface area contributed by atoms with Gasteiger partial charge in [-0.25, -0.2) is 9.29 Å². The van der Waals surface area contributed by atoms with E-state index in [1.807, 2.05) is 48.8 Å². The average Bonchev–Trinajstić information content (AvgIpc) is 2.96. The van der Waals surface area contributed by atoms with Crippen LogP contribution in [0.3, 0.4) is 0 Å². The SMILES string of the molecule is Cc1c(SN2CCC(C)CC2)cc(C(=O)NCc2cccnc2N(C)C)n1C. The van der Waals surface area contributed by atoms with Crippen molar-refractivity contribution < 1.29 is 4.79 Å². The summed E-state index contributed by atoms with van der Waals surface area (Å²) >= 11 is 1.78. The molecule has 1 aliphatic heterocycles. The number of carbonyl (C=O) groups excluding carboxylic acids is 1. The molecule has 1 aliphatic rings. The Morgan fingerprint density at radius 1 is 1.36 bits per heavy atom. The molecule has 0 aliphatic carbocycles.